The molecular weight excluding hydrogens is 1070 g/mol. The molecular formula is C54H52F7N9O6S2. The number of rotatable bonds is 17. The van der Waals surface area contributed by atoms with E-state index in [1.165, 1.54) is 36.9 Å². The van der Waals surface area contributed by atoms with Crippen molar-refractivity contribution in [2.45, 2.75) is 104 Å². The summed E-state index contributed by atoms with van der Waals surface area (Å²) in [6.45, 7) is 10.2. The van der Waals surface area contributed by atoms with Gasteiger partial charge in [-0.2, -0.15) is 36.9 Å². The van der Waals surface area contributed by atoms with Gasteiger partial charge < -0.3 is 29.9 Å². The quantitative estimate of drug-likeness (QED) is 0.0509. The number of ether oxygens (including phenoxy) is 2. The summed E-state index contributed by atoms with van der Waals surface area (Å²) >= 11 is 6.94. The zero-order valence-corrected chi connectivity index (χ0v) is 44.6. The Morgan fingerprint density at radius 1 is 0.923 bits per heavy atom. The highest BCUT2D eigenvalue weighted by atomic mass is 32.1. The van der Waals surface area contributed by atoms with Gasteiger partial charge in [-0.25, -0.2) is 9.37 Å². The molecule has 24 heteroatoms. The Kier molecular flexibility index (Phi) is 17.3. The number of nitrogens with one attached hydrogen (secondary N) is 2. The maximum absolute atomic E-state index is 15.5. The van der Waals surface area contributed by atoms with Gasteiger partial charge in [-0.05, 0) is 112 Å². The number of likely N-dealkylation sites (tertiary alicyclic amines) is 1. The Balaban J connectivity index is 0.918. The number of unbranched alkanes of at least 4 members (excludes halogenated alkanes) is 1. The Morgan fingerprint density at radius 3 is 2.23 bits per heavy atom. The average Bonchev–Trinajstić information content (AvgIpc) is 4.11. The number of hydrogen-bond acceptors (Lipinski definition) is 12. The molecule has 0 aliphatic carbocycles. The number of benzene rings is 3. The number of carbonyl (C=O) groups excluding carboxylic acids is 4. The Morgan fingerprint density at radius 2 is 1.60 bits per heavy atom. The molecule has 3 aromatic carbocycles. The van der Waals surface area contributed by atoms with Crippen LogP contribution in [0.4, 0.5) is 42.1 Å². The fourth-order valence-electron chi connectivity index (χ4n) is 9.09. The molecule has 2 aromatic heterocycles. The van der Waals surface area contributed by atoms with Gasteiger partial charge in [0, 0.05) is 25.3 Å². The zero-order chi connectivity index (χ0) is 57.1. The number of amides is 4. The zero-order valence-electron chi connectivity index (χ0n) is 43.0. The van der Waals surface area contributed by atoms with Crippen molar-refractivity contribution in [1.82, 2.24) is 25.5 Å². The number of nitriles is 2. The molecule has 2 aliphatic rings. The molecule has 78 heavy (non-hydrogen) atoms. The fraction of sp³-hybridized carbons (Fsp3) is 0.389. The summed E-state index contributed by atoms with van der Waals surface area (Å²) in [6.07, 6.45) is -7.67. The van der Waals surface area contributed by atoms with Crippen molar-refractivity contribution in [3.63, 3.8) is 0 Å². The highest BCUT2D eigenvalue weighted by Gasteiger charge is 2.53. The van der Waals surface area contributed by atoms with Crippen molar-refractivity contribution in [3.8, 4) is 39.6 Å². The topological polar surface area (TPSA) is 194 Å². The van der Waals surface area contributed by atoms with Crippen molar-refractivity contribution >= 4 is 63.7 Å². The van der Waals surface area contributed by atoms with Crippen molar-refractivity contribution in [3.05, 3.63) is 112 Å². The lowest BCUT2D eigenvalue weighted by molar-refractivity contribution is -0.144. The predicted molar refractivity (Wildman–Crippen MR) is 278 cm³/mol. The number of carbonyl (C=O) groups is 4. The van der Waals surface area contributed by atoms with Crippen molar-refractivity contribution in [2.24, 2.45) is 5.41 Å². The molecule has 2 aliphatic heterocycles. The number of anilines is 2. The molecule has 0 radical (unpaired) electrons. The third kappa shape index (κ3) is 12.4. The second kappa shape index (κ2) is 23.2. The summed E-state index contributed by atoms with van der Waals surface area (Å²) in [7, 11) is 0. The summed E-state index contributed by atoms with van der Waals surface area (Å²) in [5.41, 5.74) is -4.61. The molecule has 4 heterocycles. The van der Waals surface area contributed by atoms with Crippen LogP contribution in [0.2, 0.25) is 0 Å². The Labute approximate surface area is 454 Å². The van der Waals surface area contributed by atoms with E-state index >= 15 is 4.39 Å². The molecule has 0 saturated carbocycles. The van der Waals surface area contributed by atoms with Crippen LogP contribution in [0.1, 0.15) is 93.8 Å². The van der Waals surface area contributed by atoms with Crippen LogP contribution in [0.25, 0.3) is 21.7 Å². The summed E-state index contributed by atoms with van der Waals surface area (Å²) in [5, 5.41) is 24.3. The third-order valence-corrected chi connectivity index (χ3v) is 14.4. The van der Waals surface area contributed by atoms with Crippen LogP contribution in [-0.2, 0) is 42.8 Å². The normalized spacial score (nSPS) is 16.0. The highest BCUT2D eigenvalue weighted by Crippen LogP contribution is 2.45. The summed E-state index contributed by atoms with van der Waals surface area (Å²) < 4.78 is 113. The van der Waals surface area contributed by atoms with Crippen LogP contribution >= 0.6 is 23.6 Å². The SMILES string of the molecule is Cc1ncsc1-c1ccc(CNC(=O)C2CCCN2C(=O)C(NC(=O)COCCCCOc2ccc(-c3ncc(N4C(=S)N(c5ccc(C#N)c(C(F)(F)F)c5F)C(=O)C4(C)C)cc3C(F)(F)F)cc2C#N)C(C)(C)C)cc1. The van der Waals surface area contributed by atoms with E-state index in [1.54, 1.807) is 16.8 Å². The summed E-state index contributed by atoms with van der Waals surface area (Å²) in [4.78, 5) is 66.5. The molecule has 15 nitrogen and oxygen atoms in total. The van der Waals surface area contributed by atoms with Gasteiger partial charge in [-0.15, -0.1) is 11.3 Å². The van der Waals surface area contributed by atoms with E-state index in [0.29, 0.717) is 49.3 Å². The van der Waals surface area contributed by atoms with E-state index in [0.717, 1.165) is 44.9 Å². The van der Waals surface area contributed by atoms with Crippen LogP contribution in [0.5, 0.6) is 5.75 Å². The number of thiocarbonyl (C=S) groups is 1. The first-order valence-corrected chi connectivity index (χ1v) is 25.7. The van der Waals surface area contributed by atoms with Crippen molar-refractivity contribution < 1.29 is 59.4 Å². The molecule has 2 unspecified atom stereocenters. The van der Waals surface area contributed by atoms with E-state index in [1.807, 2.05) is 58.0 Å². The van der Waals surface area contributed by atoms with Gasteiger partial charge in [-0.3, -0.25) is 29.1 Å². The minimum atomic E-state index is -5.35. The van der Waals surface area contributed by atoms with Crippen molar-refractivity contribution in [2.75, 3.05) is 36.2 Å². The first-order valence-electron chi connectivity index (χ1n) is 24.4. The highest BCUT2D eigenvalue weighted by molar-refractivity contribution is 7.81. The molecule has 0 spiro atoms. The Bertz CT molecular complexity index is 3220. The lowest BCUT2D eigenvalue weighted by atomic mass is 9.85. The standard InChI is InChI=1S/C54H52F7N9O6S2/c1-30-45(78-29-66-30)32-13-11-31(12-14-32)26-65-47(72)39-10-9-19-68(39)48(73)46(51(2,3)4)67-41(71)28-75-20-7-8-21-76-40-18-16-33(22-35(40)25-63)44-37(53(56,57)58)23-36(27-64-44)70-50(77)69(49(74)52(70,5)6)38-17-15-34(24-62)42(43(38)55)54(59,60)61/h11-18,22-23,27,29,39,46H,7-10,19-21,26,28H2,1-6H3,(H,65,72)(H,67,71). The number of alkyl halides is 6. The molecule has 2 atom stereocenters. The van der Waals surface area contributed by atoms with E-state index in [2.05, 4.69) is 20.6 Å². The van der Waals surface area contributed by atoms with E-state index in [4.69, 9.17) is 21.7 Å². The third-order valence-electron chi connectivity index (χ3n) is 13.1. The molecule has 410 valence electrons. The lowest BCUT2D eigenvalue weighted by Gasteiger charge is -2.35. The van der Waals surface area contributed by atoms with Gasteiger partial charge in [0.2, 0.25) is 17.7 Å². The largest absolute Gasteiger partial charge is 0.492 e. The predicted octanol–water partition coefficient (Wildman–Crippen LogP) is 10.0. The van der Waals surface area contributed by atoms with Gasteiger partial charge in [0.05, 0.1) is 68.7 Å². The maximum atomic E-state index is 15.5. The summed E-state index contributed by atoms with van der Waals surface area (Å²) in [6, 6.07) is 15.0. The number of nitrogens with zero attached hydrogens (tertiary/aromatic N) is 7. The molecule has 2 fully saturated rings. The van der Waals surface area contributed by atoms with Crippen LogP contribution in [0.15, 0.2) is 72.4 Å². The average molecular weight is 1120 g/mol. The minimum Gasteiger partial charge on any atom is -0.492 e. The number of pyridine rings is 1. The molecule has 7 rings (SSSR count). The van der Waals surface area contributed by atoms with Crippen LogP contribution in [0, 0.1) is 40.8 Å². The number of thiazole rings is 1. The second-order valence-corrected chi connectivity index (χ2v) is 21.2. The van der Waals surface area contributed by atoms with E-state index in [-0.39, 0.29) is 55.1 Å². The van der Waals surface area contributed by atoms with Crippen molar-refractivity contribution in [1.29, 1.82) is 10.5 Å². The molecule has 2 N–H and O–H groups in total. The van der Waals surface area contributed by atoms with E-state index in [9.17, 15) is 56.0 Å². The fourth-order valence-corrected chi connectivity index (χ4v) is 10.4. The monoisotopic (exact) mass is 1120 g/mol. The number of aromatic nitrogens is 2. The number of hydrogen-bond donors (Lipinski definition) is 2. The van der Waals surface area contributed by atoms with Gasteiger partial charge in [0.15, 0.2) is 10.9 Å². The van der Waals surface area contributed by atoms with Gasteiger partial charge in [-0.1, -0.05) is 45.0 Å². The lowest BCUT2D eigenvalue weighted by Crippen LogP contribution is -2.58. The molecule has 0 bridgehead atoms. The number of aryl methyl sites for hydroxylation is 1. The van der Waals surface area contributed by atoms with Gasteiger partial charge >= 0.3 is 12.4 Å². The number of halogens is 7. The molecule has 2 saturated heterocycles. The van der Waals surface area contributed by atoms with Gasteiger partial charge in [0.25, 0.3) is 5.91 Å². The first-order chi connectivity index (χ1) is 36.7. The summed E-state index contributed by atoms with van der Waals surface area (Å²) in [5.74, 6) is -4.24. The van der Waals surface area contributed by atoms with Crippen LogP contribution in [0.3, 0.4) is 0 Å². The van der Waals surface area contributed by atoms with Crippen LogP contribution in [-0.4, -0.2) is 87.6 Å². The minimum absolute atomic E-state index is 0.0418. The Hall–Kier alpha value is -7.54. The second-order valence-electron chi connectivity index (χ2n) is 20.0. The first kappa shape index (κ1) is 58.1. The maximum Gasteiger partial charge on any atom is 0.420 e. The van der Waals surface area contributed by atoms with Gasteiger partial charge in [0.1, 0.15) is 41.6 Å². The molecule has 5 aromatic rings. The van der Waals surface area contributed by atoms with E-state index < -0.39 is 91.9 Å². The van der Waals surface area contributed by atoms with Crippen LogP contribution < -0.4 is 25.2 Å². The smallest absolute Gasteiger partial charge is 0.420 e. The molecule has 4 amide bonds.